The maximum Gasteiger partial charge on any atom is 0.363 e. The van der Waals surface area contributed by atoms with Gasteiger partial charge in [0.1, 0.15) is 0 Å². The van der Waals surface area contributed by atoms with Crippen molar-refractivity contribution in [2.24, 2.45) is 4.99 Å². The van der Waals surface area contributed by atoms with Crippen molar-refractivity contribution >= 4 is 29.5 Å². The predicted molar refractivity (Wildman–Crippen MR) is 108 cm³/mol. The highest BCUT2D eigenvalue weighted by Gasteiger charge is 2.25. The van der Waals surface area contributed by atoms with Crippen LogP contribution in [-0.2, 0) is 14.3 Å². The second-order valence-electron chi connectivity index (χ2n) is 6.65. The molecule has 2 aliphatic heterocycles. The molecule has 0 spiro atoms. The van der Waals surface area contributed by atoms with Gasteiger partial charge in [-0.1, -0.05) is 6.07 Å². The van der Waals surface area contributed by atoms with Gasteiger partial charge in [0, 0.05) is 24.2 Å². The molecule has 0 bridgehead atoms. The molecule has 7 heteroatoms. The fourth-order valence-corrected chi connectivity index (χ4v) is 3.34. The molecular formula is C22H20N2O5. The van der Waals surface area contributed by atoms with E-state index >= 15 is 0 Å². The first-order chi connectivity index (χ1) is 14.1. The normalized spacial score (nSPS) is 17.5. The Balaban J connectivity index is 1.57. The molecule has 0 N–H and O–H groups in total. The highest BCUT2D eigenvalue weighted by Crippen LogP contribution is 2.29. The number of cyclic esters (lactones) is 1. The lowest BCUT2D eigenvalue weighted by Gasteiger charge is -2.15. The minimum absolute atomic E-state index is 0.127. The average molecular weight is 392 g/mol. The Labute approximate surface area is 168 Å². The SMILES string of the molecule is COc1ccc(/C=C2\N=C(c3ccc(N4CCCC4=O)cc3)OC2=O)cc1OC. The van der Waals surface area contributed by atoms with Gasteiger partial charge >= 0.3 is 5.97 Å². The summed E-state index contributed by atoms with van der Waals surface area (Å²) < 4.78 is 15.8. The third-order valence-electron chi connectivity index (χ3n) is 4.83. The van der Waals surface area contributed by atoms with Crippen LogP contribution in [-0.4, -0.2) is 38.5 Å². The van der Waals surface area contributed by atoms with Gasteiger partial charge in [-0.2, -0.15) is 0 Å². The van der Waals surface area contributed by atoms with Gasteiger partial charge in [0.2, 0.25) is 11.8 Å². The molecule has 2 aromatic carbocycles. The van der Waals surface area contributed by atoms with Crippen molar-refractivity contribution in [3.63, 3.8) is 0 Å². The van der Waals surface area contributed by atoms with Crippen LogP contribution in [0.3, 0.4) is 0 Å². The Morgan fingerprint density at radius 2 is 1.79 bits per heavy atom. The lowest BCUT2D eigenvalue weighted by atomic mass is 10.1. The molecule has 2 aromatic rings. The monoisotopic (exact) mass is 392 g/mol. The second-order valence-corrected chi connectivity index (χ2v) is 6.65. The minimum Gasteiger partial charge on any atom is -0.493 e. The van der Waals surface area contributed by atoms with Gasteiger partial charge in [-0.15, -0.1) is 0 Å². The van der Waals surface area contributed by atoms with Crippen LogP contribution in [0.15, 0.2) is 53.2 Å². The smallest absolute Gasteiger partial charge is 0.363 e. The van der Waals surface area contributed by atoms with E-state index in [1.165, 1.54) is 0 Å². The molecule has 1 saturated heterocycles. The zero-order chi connectivity index (χ0) is 20.4. The first kappa shape index (κ1) is 18.7. The Kier molecular flexibility index (Phi) is 5.03. The number of hydrogen-bond donors (Lipinski definition) is 0. The first-order valence-electron chi connectivity index (χ1n) is 9.24. The molecule has 2 heterocycles. The summed E-state index contributed by atoms with van der Waals surface area (Å²) in [6, 6.07) is 12.6. The summed E-state index contributed by atoms with van der Waals surface area (Å²) in [4.78, 5) is 30.2. The number of carbonyl (C=O) groups is 2. The average Bonchev–Trinajstić information content (AvgIpc) is 3.33. The zero-order valence-corrected chi connectivity index (χ0v) is 16.2. The zero-order valence-electron chi connectivity index (χ0n) is 16.2. The molecular weight excluding hydrogens is 372 g/mol. The standard InChI is InChI=1S/C22H20N2O5/c1-27-18-10-5-14(13-19(18)28-2)12-17-22(26)29-21(23-17)15-6-8-16(9-7-15)24-11-3-4-20(24)25/h5-10,12-13H,3-4,11H2,1-2H3/b17-12-. The van der Waals surface area contributed by atoms with Crippen LogP contribution in [0.1, 0.15) is 24.0 Å². The lowest BCUT2D eigenvalue weighted by molar-refractivity contribution is -0.130. The van der Waals surface area contributed by atoms with E-state index in [9.17, 15) is 9.59 Å². The quantitative estimate of drug-likeness (QED) is 0.577. The fraction of sp³-hybridized carbons (Fsp3) is 0.227. The van der Waals surface area contributed by atoms with E-state index < -0.39 is 5.97 Å². The van der Waals surface area contributed by atoms with Crippen molar-refractivity contribution in [3.8, 4) is 11.5 Å². The Hall–Kier alpha value is -3.61. The summed E-state index contributed by atoms with van der Waals surface area (Å²) in [6.45, 7) is 0.728. The molecule has 0 aliphatic carbocycles. The van der Waals surface area contributed by atoms with Crippen LogP contribution in [0.5, 0.6) is 11.5 Å². The number of anilines is 1. The molecule has 0 saturated carbocycles. The molecule has 1 fully saturated rings. The fourth-order valence-electron chi connectivity index (χ4n) is 3.34. The van der Waals surface area contributed by atoms with Gasteiger partial charge < -0.3 is 19.1 Å². The number of ether oxygens (including phenoxy) is 3. The van der Waals surface area contributed by atoms with Gasteiger partial charge in [-0.3, -0.25) is 4.79 Å². The molecule has 2 aliphatic rings. The third-order valence-corrected chi connectivity index (χ3v) is 4.83. The van der Waals surface area contributed by atoms with Crippen molar-refractivity contribution in [1.82, 2.24) is 0 Å². The molecule has 29 heavy (non-hydrogen) atoms. The van der Waals surface area contributed by atoms with E-state index in [1.54, 1.807) is 55.5 Å². The molecule has 0 atom stereocenters. The van der Waals surface area contributed by atoms with E-state index in [2.05, 4.69) is 4.99 Å². The van der Waals surface area contributed by atoms with Crippen molar-refractivity contribution in [2.45, 2.75) is 12.8 Å². The van der Waals surface area contributed by atoms with Crippen LogP contribution in [0.4, 0.5) is 5.69 Å². The largest absolute Gasteiger partial charge is 0.493 e. The van der Waals surface area contributed by atoms with E-state index in [4.69, 9.17) is 14.2 Å². The minimum atomic E-state index is -0.520. The summed E-state index contributed by atoms with van der Waals surface area (Å²) >= 11 is 0. The Morgan fingerprint density at radius 1 is 1.03 bits per heavy atom. The van der Waals surface area contributed by atoms with Crippen molar-refractivity contribution in [2.75, 3.05) is 25.7 Å². The highest BCUT2D eigenvalue weighted by molar-refractivity contribution is 6.13. The summed E-state index contributed by atoms with van der Waals surface area (Å²) in [5, 5.41) is 0. The van der Waals surface area contributed by atoms with Crippen molar-refractivity contribution in [1.29, 1.82) is 0 Å². The van der Waals surface area contributed by atoms with Crippen LogP contribution >= 0.6 is 0 Å². The van der Waals surface area contributed by atoms with Gasteiger partial charge in [-0.05, 0) is 54.5 Å². The number of carbonyl (C=O) groups excluding carboxylic acids is 2. The van der Waals surface area contributed by atoms with Crippen molar-refractivity contribution in [3.05, 3.63) is 59.3 Å². The number of benzene rings is 2. The van der Waals surface area contributed by atoms with E-state index in [0.717, 1.165) is 24.2 Å². The topological polar surface area (TPSA) is 77.4 Å². The molecule has 0 unspecified atom stereocenters. The number of hydrogen-bond acceptors (Lipinski definition) is 6. The third kappa shape index (κ3) is 3.71. The number of nitrogens with zero attached hydrogens (tertiary/aromatic N) is 2. The summed E-state index contributed by atoms with van der Waals surface area (Å²) in [5.41, 5.74) is 2.44. The molecule has 0 radical (unpaired) electrons. The van der Waals surface area contributed by atoms with E-state index in [1.807, 2.05) is 12.1 Å². The summed E-state index contributed by atoms with van der Waals surface area (Å²) in [5.74, 6) is 1.01. The lowest BCUT2D eigenvalue weighted by Crippen LogP contribution is -2.23. The van der Waals surface area contributed by atoms with E-state index in [0.29, 0.717) is 23.5 Å². The number of amides is 1. The van der Waals surface area contributed by atoms with Crippen LogP contribution in [0, 0.1) is 0 Å². The van der Waals surface area contributed by atoms with Crippen molar-refractivity contribution < 1.29 is 23.8 Å². The summed E-state index contributed by atoms with van der Waals surface area (Å²) in [7, 11) is 3.11. The number of methoxy groups -OCH3 is 2. The number of esters is 1. The van der Waals surface area contributed by atoms with Gasteiger partial charge in [0.05, 0.1) is 14.2 Å². The maximum atomic E-state index is 12.2. The van der Waals surface area contributed by atoms with Crippen LogP contribution < -0.4 is 14.4 Å². The molecule has 4 rings (SSSR count). The number of rotatable bonds is 5. The molecule has 148 valence electrons. The highest BCUT2D eigenvalue weighted by atomic mass is 16.6. The Morgan fingerprint density at radius 3 is 2.45 bits per heavy atom. The number of aliphatic imine (C=N–C) groups is 1. The first-order valence-corrected chi connectivity index (χ1v) is 9.24. The van der Waals surface area contributed by atoms with Crippen LogP contribution in [0.25, 0.3) is 6.08 Å². The molecule has 0 aromatic heterocycles. The Bertz CT molecular complexity index is 1020. The van der Waals surface area contributed by atoms with Gasteiger partial charge in [-0.25, -0.2) is 9.79 Å². The predicted octanol–water partition coefficient (Wildman–Crippen LogP) is 3.18. The van der Waals surface area contributed by atoms with Gasteiger partial charge in [0.25, 0.3) is 0 Å². The molecule has 1 amide bonds. The van der Waals surface area contributed by atoms with E-state index in [-0.39, 0.29) is 17.5 Å². The van der Waals surface area contributed by atoms with Gasteiger partial charge in [0.15, 0.2) is 17.2 Å². The molecule has 7 nitrogen and oxygen atoms in total. The summed E-state index contributed by atoms with van der Waals surface area (Å²) in [6.07, 6.45) is 3.08. The maximum absolute atomic E-state index is 12.2. The second kappa shape index (κ2) is 7.79. The van der Waals surface area contributed by atoms with Crippen LogP contribution in [0.2, 0.25) is 0 Å².